The molecule has 0 radical (unpaired) electrons. The Hall–Kier alpha value is -2.34. The van der Waals surface area contributed by atoms with Gasteiger partial charge in [-0.3, -0.25) is 0 Å². The van der Waals surface area contributed by atoms with Gasteiger partial charge in [0.05, 0.1) is 29.8 Å². The molecule has 0 saturated heterocycles. The Labute approximate surface area is 240 Å². The Kier molecular flexibility index (Phi) is 13.4. The molecule has 210 valence electrons. The smallest absolute Gasteiger partial charge is 0.136 e. The van der Waals surface area contributed by atoms with Crippen LogP contribution in [0.15, 0.2) is 54.6 Å². The number of para-hydroxylation sites is 1. The molecule has 1 N–H and O–H groups in total. The predicted octanol–water partition coefficient (Wildman–Crippen LogP) is 7.62. The number of unbranched alkanes of at least 4 members (excludes halogenated alkanes) is 1. The van der Waals surface area contributed by atoms with Crippen molar-refractivity contribution in [3.63, 3.8) is 0 Å². The van der Waals surface area contributed by atoms with Crippen LogP contribution >= 0.6 is 0 Å². The van der Waals surface area contributed by atoms with Crippen molar-refractivity contribution in [3.05, 3.63) is 71.7 Å². The summed E-state index contributed by atoms with van der Waals surface area (Å²) in [5, 5.41) is 0.986. The average Bonchev–Trinajstić information content (AvgIpc) is 3.27. The topological polar surface area (TPSA) is 82.2 Å². The molecule has 4 rings (SSSR count). The fourth-order valence-electron chi connectivity index (χ4n) is 4.20. The third kappa shape index (κ3) is 8.59. The minimum atomic E-state index is -0.425. The van der Waals surface area contributed by atoms with Crippen LogP contribution in [0.2, 0.25) is 0 Å². The molecule has 0 aliphatic carbocycles. The molecule has 4 aromatic rings. The molecule has 0 bridgehead atoms. The first-order chi connectivity index (χ1) is 18.0. The van der Waals surface area contributed by atoms with E-state index in [4.69, 9.17) is 24.9 Å². The van der Waals surface area contributed by atoms with Crippen LogP contribution in [0.1, 0.15) is 58.8 Å². The van der Waals surface area contributed by atoms with Crippen LogP contribution in [-0.4, -0.2) is 40.0 Å². The van der Waals surface area contributed by atoms with Crippen LogP contribution in [-0.2, 0) is 54.4 Å². The number of nitrogens with zero attached hydrogens (tertiary/aromatic N) is 3. The van der Waals surface area contributed by atoms with E-state index in [-0.39, 0.29) is 26.2 Å². The molecule has 2 aromatic carbocycles. The molecule has 38 heavy (non-hydrogen) atoms. The summed E-state index contributed by atoms with van der Waals surface area (Å²) in [4.78, 5) is 9.20. The van der Waals surface area contributed by atoms with E-state index in [0.29, 0.717) is 45.1 Å². The summed E-state index contributed by atoms with van der Waals surface area (Å²) in [7, 11) is 0. The molecular formula is C30H41N4O3Pd-. The second-order valence-corrected chi connectivity index (χ2v) is 9.28. The number of hydrogen-bond donors (Lipinski definition) is 0. The molecule has 0 atom stereocenters. The van der Waals surface area contributed by atoms with Crippen molar-refractivity contribution in [2.24, 2.45) is 0 Å². The van der Waals surface area contributed by atoms with Gasteiger partial charge in [-0.25, -0.2) is 4.98 Å². The van der Waals surface area contributed by atoms with Gasteiger partial charge in [0.1, 0.15) is 12.4 Å². The van der Waals surface area contributed by atoms with E-state index in [1.165, 1.54) is 5.56 Å². The zero-order valence-corrected chi connectivity index (χ0v) is 24.8. The third-order valence-corrected chi connectivity index (χ3v) is 5.92. The van der Waals surface area contributed by atoms with Gasteiger partial charge in [-0.05, 0) is 50.5 Å². The minimum Gasteiger partial charge on any atom is -0.480 e. The number of rotatable bonds is 13. The van der Waals surface area contributed by atoms with E-state index in [0.717, 1.165) is 35.1 Å². The third-order valence-electron chi connectivity index (χ3n) is 5.92. The standard InChI is InChI=1S/C28H35N4O3.C2H6.Pd/c1-4-33-19-24-31-25-26(22-14-8-9-15-23(22)30-27(25)29)32(24)20-28(2,3)35-17-11-10-16-34-18-21-12-6-5-7-13-21;1-2;/h5-9,12-15H,4,10-11,16-20H2,1-3H3,(H-,29,30);1-2H3;/q-1;;. The Morgan fingerprint density at radius 3 is 2.29 bits per heavy atom. The van der Waals surface area contributed by atoms with Gasteiger partial charge in [-0.2, -0.15) is 0 Å². The summed E-state index contributed by atoms with van der Waals surface area (Å²) in [6, 6.07) is 18.1. The normalized spacial score (nSPS) is 11.3. The first kappa shape index (κ1) is 31.9. The quantitative estimate of drug-likeness (QED) is 0.115. The van der Waals surface area contributed by atoms with Gasteiger partial charge >= 0.3 is 0 Å². The van der Waals surface area contributed by atoms with Gasteiger partial charge in [-0.15, -0.1) is 0 Å². The molecule has 8 heteroatoms. The molecule has 0 amide bonds. The van der Waals surface area contributed by atoms with E-state index in [9.17, 15) is 0 Å². The SMILES string of the molecule is CC.CCOCc1nc2c([NH-])nc3ccccc3c2n1CC(C)(C)OCCCCOCc1ccccc1.[Pd]. The summed E-state index contributed by atoms with van der Waals surface area (Å²) in [6.07, 6.45) is 1.88. The second-order valence-electron chi connectivity index (χ2n) is 9.28. The largest absolute Gasteiger partial charge is 0.480 e. The molecule has 2 heterocycles. The average molecular weight is 612 g/mol. The van der Waals surface area contributed by atoms with E-state index >= 15 is 0 Å². The summed E-state index contributed by atoms with van der Waals surface area (Å²) in [5.41, 5.74) is 11.5. The van der Waals surface area contributed by atoms with Crippen molar-refractivity contribution in [2.45, 2.75) is 72.8 Å². The first-order valence-corrected chi connectivity index (χ1v) is 13.3. The van der Waals surface area contributed by atoms with Crippen molar-refractivity contribution in [1.82, 2.24) is 14.5 Å². The number of nitrogens with one attached hydrogen (secondary N) is 1. The Morgan fingerprint density at radius 1 is 0.868 bits per heavy atom. The summed E-state index contributed by atoms with van der Waals surface area (Å²) < 4.78 is 19.9. The van der Waals surface area contributed by atoms with Gasteiger partial charge in [0.25, 0.3) is 0 Å². The molecule has 0 aliphatic heterocycles. The van der Waals surface area contributed by atoms with Crippen molar-refractivity contribution in [1.29, 1.82) is 0 Å². The van der Waals surface area contributed by atoms with Crippen LogP contribution in [0, 0.1) is 0 Å². The van der Waals surface area contributed by atoms with E-state index in [1.807, 2.05) is 63.2 Å². The number of aromatic nitrogens is 3. The van der Waals surface area contributed by atoms with Crippen molar-refractivity contribution >= 4 is 27.8 Å². The van der Waals surface area contributed by atoms with E-state index in [1.54, 1.807) is 0 Å². The fraction of sp³-hybridized carbons (Fsp3) is 0.467. The van der Waals surface area contributed by atoms with Crippen LogP contribution in [0.4, 0.5) is 5.82 Å². The van der Waals surface area contributed by atoms with Crippen LogP contribution in [0.3, 0.4) is 0 Å². The maximum atomic E-state index is 8.44. The fourth-order valence-corrected chi connectivity index (χ4v) is 4.20. The maximum Gasteiger partial charge on any atom is 0.136 e. The second kappa shape index (κ2) is 15.9. The zero-order valence-electron chi connectivity index (χ0n) is 23.2. The van der Waals surface area contributed by atoms with Gasteiger partial charge in [0, 0.05) is 45.6 Å². The van der Waals surface area contributed by atoms with Crippen LogP contribution < -0.4 is 0 Å². The van der Waals surface area contributed by atoms with Gasteiger partial charge < -0.3 is 29.5 Å². The number of fused-ring (bicyclic) bond motifs is 3. The van der Waals surface area contributed by atoms with Crippen molar-refractivity contribution < 1.29 is 34.6 Å². The maximum absolute atomic E-state index is 8.44. The monoisotopic (exact) mass is 611 g/mol. The predicted molar refractivity (Wildman–Crippen MR) is 151 cm³/mol. The molecule has 7 nitrogen and oxygen atoms in total. The van der Waals surface area contributed by atoms with E-state index in [2.05, 4.69) is 35.5 Å². The van der Waals surface area contributed by atoms with Gasteiger partial charge in [0.2, 0.25) is 0 Å². The molecule has 0 aliphatic rings. The Bertz CT molecular complexity index is 1240. The van der Waals surface area contributed by atoms with E-state index < -0.39 is 5.60 Å². The summed E-state index contributed by atoms with van der Waals surface area (Å²) in [6.45, 7) is 13.8. The number of pyridine rings is 1. The molecule has 0 saturated carbocycles. The van der Waals surface area contributed by atoms with Gasteiger partial charge in [0.15, 0.2) is 0 Å². The number of ether oxygens (including phenoxy) is 3. The molecule has 0 spiro atoms. The number of benzene rings is 2. The summed E-state index contributed by atoms with van der Waals surface area (Å²) >= 11 is 0. The Balaban J connectivity index is 0.00000165. The molecular weight excluding hydrogens is 571 g/mol. The zero-order chi connectivity index (χ0) is 26.7. The summed E-state index contributed by atoms with van der Waals surface area (Å²) in [5.74, 6) is 0.976. The van der Waals surface area contributed by atoms with Crippen LogP contribution in [0.25, 0.3) is 27.7 Å². The minimum absolute atomic E-state index is 0. The number of imidazole rings is 1. The van der Waals surface area contributed by atoms with Crippen molar-refractivity contribution in [3.8, 4) is 0 Å². The van der Waals surface area contributed by atoms with Gasteiger partial charge in [-0.1, -0.05) is 68.4 Å². The number of hydrogen-bond acceptors (Lipinski definition) is 5. The molecule has 2 aromatic heterocycles. The molecule has 0 unspecified atom stereocenters. The van der Waals surface area contributed by atoms with Crippen molar-refractivity contribution in [2.75, 3.05) is 19.8 Å². The first-order valence-electron chi connectivity index (χ1n) is 13.3. The van der Waals surface area contributed by atoms with Crippen LogP contribution in [0.5, 0.6) is 0 Å². The molecule has 0 fully saturated rings. The Morgan fingerprint density at radius 2 is 1.55 bits per heavy atom.